The number of ether oxygens (including phenoxy) is 1. The molecule has 6 nitrogen and oxygen atoms in total. The summed E-state index contributed by atoms with van der Waals surface area (Å²) in [7, 11) is 1.57. The number of halogens is 1. The van der Waals surface area contributed by atoms with E-state index in [0.717, 1.165) is 39.4 Å². The summed E-state index contributed by atoms with van der Waals surface area (Å²) in [4.78, 5) is 28.4. The van der Waals surface area contributed by atoms with E-state index in [0.29, 0.717) is 42.4 Å². The molecular formula is C25H25FN4O2S. The lowest BCUT2D eigenvalue weighted by Gasteiger charge is -2.22. The zero-order valence-corrected chi connectivity index (χ0v) is 19.4. The average Bonchev–Trinajstić information content (AvgIpc) is 3.41. The minimum absolute atomic E-state index is 0.0858. The molecule has 1 aromatic carbocycles. The van der Waals surface area contributed by atoms with Gasteiger partial charge in [-0.1, -0.05) is 6.07 Å². The Morgan fingerprint density at radius 2 is 2.15 bits per heavy atom. The minimum atomic E-state index is -0.242. The van der Waals surface area contributed by atoms with E-state index in [9.17, 15) is 9.18 Å². The van der Waals surface area contributed by atoms with Gasteiger partial charge in [0.1, 0.15) is 11.5 Å². The van der Waals surface area contributed by atoms with E-state index in [2.05, 4.69) is 15.0 Å². The third kappa shape index (κ3) is 4.48. The van der Waals surface area contributed by atoms with Crippen molar-refractivity contribution in [1.82, 2.24) is 19.9 Å². The van der Waals surface area contributed by atoms with Crippen LogP contribution in [0.5, 0.6) is 5.88 Å². The van der Waals surface area contributed by atoms with Crippen molar-refractivity contribution in [3.8, 4) is 16.3 Å². The van der Waals surface area contributed by atoms with Crippen LogP contribution in [0.2, 0.25) is 0 Å². The second-order valence-electron chi connectivity index (χ2n) is 8.42. The standard InChI is InChI=1S/C25H25FN4O2S/c1-15-29-23(24(33-15)18-8-9-21(32-2)28-13-18)25(31)30(14-16-6-7-16)11-10-17-12-27-20-5-3-4-19(26)22(17)20/h3-5,8-9,12-13,16,27H,6-7,10-11,14H2,1-2H3. The van der Waals surface area contributed by atoms with Crippen molar-refractivity contribution in [3.05, 3.63) is 64.8 Å². The topological polar surface area (TPSA) is 71.1 Å². The van der Waals surface area contributed by atoms with Crippen LogP contribution in [0.1, 0.15) is 33.9 Å². The third-order valence-corrected chi connectivity index (χ3v) is 7.01. The second-order valence-corrected chi connectivity index (χ2v) is 9.62. The molecule has 33 heavy (non-hydrogen) atoms. The fourth-order valence-corrected chi connectivity index (χ4v) is 5.00. The molecule has 3 aromatic heterocycles. The van der Waals surface area contributed by atoms with Crippen molar-refractivity contribution in [2.24, 2.45) is 5.92 Å². The van der Waals surface area contributed by atoms with E-state index in [1.54, 1.807) is 25.4 Å². The van der Waals surface area contributed by atoms with Gasteiger partial charge in [-0.3, -0.25) is 4.79 Å². The number of benzene rings is 1. The molecule has 0 spiro atoms. The monoisotopic (exact) mass is 464 g/mol. The number of amides is 1. The molecule has 0 radical (unpaired) electrons. The summed E-state index contributed by atoms with van der Waals surface area (Å²) in [5, 5.41) is 1.43. The number of pyridine rings is 1. The van der Waals surface area contributed by atoms with Gasteiger partial charge in [0.15, 0.2) is 0 Å². The molecule has 1 N–H and O–H groups in total. The Hall–Kier alpha value is -3.26. The van der Waals surface area contributed by atoms with Crippen molar-refractivity contribution >= 4 is 28.1 Å². The Morgan fingerprint density at radius 1 is 1.30 bits per heavy atom. The smallest absolute Gasteiger partial charge is 0.274 e. The van der Waals surface area contributed by atoms with Crippen LogP contribution in [0.3, 0.4) is 0 Å². The van der Waals surface area contributed by atoms with E-state index in [1.807, 2.05) is 30.2 Å². The van der Waals surface area contributed by atoms with Gasteiger partial charge in [-0.25, -0.2) is 14.4 Å². The number of rotatable bonds is 8. The molecule has 0 unspecified atom stereocenters. The molecule has 170 valence electrons. The first kappa shape index (κ1) is 21.6. The predicted octanol–water partition coefficient (Wildman–Crippen LogP) is 5.24. The Labute approximate surface area is 195 Å². The first-order valence-corrected chi connectivity index (χ1v) is 11.9. The SMILES string of the molecule is COc1ccc(-c2sc(C)nc2C(=O)N(CCc2c[nH]c3cccc(F)c23)CC2CC2)cn1. The molecule has 5 rings (SSSR count). The Morgan fingerprint density at radius 3 is 2.88 bits per heavy atom. The molecule has 1 fully saturated rings. The number of aromatic nitrogens is 3. The van der Waals surface area contributed by atoms with Gasteiger partial charge in [0.2, 0.25) is 5.88 Å². The van der Waals surface area contributed by atoms with Crippen LogP contribution in [0.25, 0.3) is 21.3 Å². The number of aromatic amines is 1. The van der Waals surface area contributed by atoms with Gasteiger partial charge in [-0.15, -0.1) is 11.3 Å². The number of fused-ring (bicyclic) bond motifs is 1. The van der Waals surface area contributed by atoms with Gasteiger partial charge in [0.25, 0.3) is 5.91 Å². The van der Waals surface area contributed by atoms with Crippen LogP contribution in [0.4, 0.5) is 4.39 Å². The number of thiazole rings is 1. The van der Waals surface area contributed by atoms with Crippen molar-refractivity contribution in [2.75, 3.05) is 20.2 Å². The molecule has 8 heteroatoms. The lowest BCUT2D eigenvalue weighted by atomic mass is 10.1. The van der Waals surface area contributed by atoms with Crippen molar-refractivity contribution in [1.29, 1.82) is 0 Å². The van der Waals surface area contributed by atoms with Gasteiger partial charge in [0, 0.05) is 48.0 Å². The van der Waals surface area contributed by atoms with Crippen molar-refractivity contribution in [2.45, 2.75) is 26.2 Å². The molecule has 0 aliphatic heterocycles. The Kier molecular flexibility index (Phi) is 5.85. The van der Waals surface area contributed by atoms with E-state index in [-0.39, 0.29) is 11.7 Å². The van der Waals surface area contributed by atoms with E-state index < -0.39 is 0 Å². The number of carbonyl (C=O) groups is 1. The fourth-order valence-electron chi connectivity index (χ4n) is 4.10. The summed E-state index contributed by atoms with van der Waals surface area (Å²) in [5.41, 5.74) is 2.95. The first-order valence-electron chi connectivity index (χ1n) is 11.0. The molecule has 0 bridgehead atoms. The first-order chi connectivity index (χ1) is 16.0. The summed E-state index contributed by atoms with van der Waals surface area (Å²) in [6, 6.07) is 8.71. The normalized spacial score (nSPS) is 13.4. The van der Waals surface area contributed by atoms with Gasteiger partial charge in [-0.05, 0) is 55.9 Å². The number of hydrogen-bond acceptors (Lipinski definition) is 5. The van der Waals surface area contributed by atoms with Gasteiger partial charge >= 0.3 is 0 Å². The maximum atomic E-state index is 14.4. The number of H-pyrrole nitrogens is 1. The Balaban J connectivity index is 1.41. The summed E-state index contributed by atoms with van der Waals surface area (Å²) >= 11 is 1.49. The second kappa shape index (κ2) is 8.94. The minimum Gasteiger partial charge on any atom is -0.481 e. The molecule has 0 atom stereocenters. The highest BCUT2D eigenvalue weighted by molar-refractivity contribution is 7.15. The van der Waals surface area contributed by atoms with Crippen LogP contribution in [-0.2, 0) is 6.42 Å². The number of aryl methyl sites for hydroxylation is 1. The quantitative estimate of drug-likeness (QED) is 0.387. The van der Waals surface area contributed by atoms with Crippen molar-refractivity contribution in [3.63, 3.8) is 0 Å². The van der Waals surface area contributed by atoms with Crippen LogP contribution in [0, 0.1) is 18.7 Å². The number of nitrogens with one attached hydrogen (secondary N) is 1. The summed E-state index contributed by atoms with van der Waals surface area (Å²) in [5.74, 6) is 0.722. The summed E-state index contributed by atoms with van der Waals surface area (Å²) in [6.07, 6.45) is 6.40. The van der Waals surface area contributed by atoms with E-state index >= 15 is 0 Å². The van der Waals surface area contributed by atoms with E-state index in [1.165, 1.54) is 17.4 Å². The van der Waals surface area contributed by atoms with Crippen molar-refractivity contribution < 1.29 is 13.9 Å². The molecule has 1 aliphatic carbocycles. The fraction of sp³-hybridized carbons (Fsp3) is 0.320. The number of methoxy groups -OCH3 is 1. The summed E-state index contributed by atoms with van der Waals surface area (Å²) < 4.78 is 19.6. The highest BCUT2D eigenvalue weighted by Gasteiger charge is 2.30. The van der Waals surface area contributed by atoms with E-state index in [4.69, 9.17) is 4.74 Å². The predicted molar refractivity (Wildman–Crippen MR) is 127 cm³/mol. The highest BCUT2D eigenvalue weighted by Crippen LogP contribution is 2.34. The summed E-state index contributed by atoms with van der Waals surface area (Å²) in [6.45, 7) is 3.11. The van der Waals surface area contributed by atoms with Crippen LogP contribution in [-0.4, -0.2) is 46.0 Å². The lowest BCUT2D eigenvalue weighted by molar-refractivity contribution is 0.0745. The molecular weight excluding hydrogens is 439 g/mol. The third-order valence-electron chi connectivity index (χ3n) is 5.99. The number of carbonyl (C=O) groups excluding carboxylic acids is 1. The Bertz CT molecular complexity index is 1290. The van der Waals surface area contributed by atoms with Gasteiger partial charge in [0.05, 0.1) is 17.0 Å². The zero-order valence-electron chi connectivity index (χ0n) is 18.6. The molecule has 3 heterocycles. The van der Waals surface area contributed by atoms with Crippen LogP contribution < -0.4 is 4.74 Å². The van der Waals surface area contributed by atoms with Gasteiger partial charge < -0.3 is 14.6 Å². The average molecular weight is 465 g/mol. The maximum absolute atomic E-state index is 14.4. The van der Waals surface area contributed by atoms with Crippen LogP contribution in [0.15, 0.2) is 42.7 Å². The van der Waals surface area contributed by atoms with Gasteiger partial charge in [-0.2, -0.15) is 0 Å². The molecule has 1 amide bonds. The highest BCUT2D eigenvalue weighted by atomic mass is 32.1. The lowest BCUT2D eigenvalue weighted by Crippen LogP contribution is -2.35. The molecule has 4 aromatic rings. The largest absolute Gasteiger partial charge is 0.481 e. The molecule has 1 saturated carbocycles. The number of hydrogen-bond donors (Lipinski definition) is 1. The molecule has 1 aliphatic rings. The van der Waals surface area contributed by atoms with Crippen LogP contribution >= 0.6 is 11.3 Å². The maximum Gasteiger partial charge on any atom is 0.274 e. The zero-order chi connectivity index (χ0) is 22.9. The molecule has 0 saturated heterocycles. The number of nitrogens with zero attached hydrogens (tertiary/aromatic N) is 3.